The summed E-state index contributed by atoms with van der Waals surface area (Å²) in [4.78, 5) is 0. The number of rotatable bonds is 8. The lowest BCUT2D eigenvalue weighted by Crippen LogP contribution is -2.21. The van der Waals surface area contributed by atoms with Crippen LogP contribution in [0.1, 0.15) is 31.1 Å². The topological polar surface area (TPSA) is 50.7 Å². The monoisotopic (exact) mass is 393 g/mol. The first-order valence-electron chi connectivity index (χ1n) is 7.98. The molecule has 0 fully saturated rings. The van der Waals surface area contributed by atoms with E-state index in [9.17, 15) is 5.11 Å². The molecule has 0 radical (unpaired) electrons. The second kappa shape index (κ2) is 9.06. The Balaban J connectivity index is 1.99. The van der Waals surface area contributed by atoms with Crippen molar-refractivity contribution < 1.29 is 14.6 Å². The van der Waals surface area contributed by atoms with E-state index in [0.29, 0.717) is 24.6 Å². The Bertz CT molecular complexity index is 647. The molecule has 0 aromatic heterocycles. The van der Waals surface area contributed by atoms with E-state index in [1.54, 1.807) is 7.11 Å². The van der Waals surface area contributed by atoms with Gasteiger partial charge in [0.1, 0.15) is 0 Å². The summed E-state index contributed by atoms with van der Waals surface area (Å²) < 4.78 is 12.1. The smallest absolute Gasteiger partial charge is 0.162 e. The van der Waals surface area contributed by atoms with Crippen molar-refractivity contribution in [3.05, 3.63) is 58.1 Å². The first kappa shape index (κ1) is 18.8. The summed E-state index contributed by atoms with van der Waals surface area (Å²) in [6.07, 6.45) is -0.453. The van der Waals surface area contributed by atoms with E-state index in [4.69, 9.17) is 9.47 Å². The third-order valence-electron chi connectivity index (χ3n) is 3.53. The molecule has 0 aliphatic carbocycles. The largest absolute Gasteiger partial charge is 0.493 e. The van der Waals surface area contributed by atoms with Gasteiger partial charge >= 0.3 is 0 Å². The third-order valence-corrected chi connectivity index (χ3v) is 4.27. The average molecular weight is 394 g/mol. The maximum absolute atomic E-state index is 10.2. The molecule has 0 aliphatic heterocycles. The number of methoxy groups -OCH3 is 1. The van der Waals surface area contributed by atoms with Crippen LogP contribution in [0.3, 0.4) is 0 Å². The highest BCUT2D eigenvalue weighted by Gasteiger charge is 2.12. The van der Waals surface area contributed by atoms with Crippen LogP contribution in [0.2, 0.25) is 0 Å². The quantitative estimate of drug-likeness (QED) is 0.709. The van der Waals surface area contributed by atoms with E-state index in [1.165, 1.54) is 0 Å². The van der Waals surface area contributed by atoms with Gasteiger partial charge in [0, 0.05) is 17.6 Å². The van der Waals surface area contributed by atoms with Gasteiger partial charge in [-0.25, -0.2) is 0 Å². The van der Waals surface area contributed by atoms with Crippen molar-refractivity contribution in [2.75, 3.05) is 13.7 Å². The zero-order chi connectivity index (χ0) is 17.5. The zero-order valence-corrected chi connectivity index (χ0v) is 15.8. The zero-order valence-electron chi connectivity index (χ0n) is 14.3. The van der Waals surface area contributed by atoms with Crippen LogP contribution < -0.4 is 14.8 Å². The van der Waals surface area contributed by atoms with Gasteiger partial charge in [-0.15, -0.1) is 0 Å². The second-order valence-corrected chi connectivity index (χ2v) is 6.67. The number of benzene rings is 2. The Kier molecular flexibility index (Phi) is 7.09. The molecule has 2 N–H and O–H groups in total. The Morgan fingerprint density at radius 2 is 1.83 bits per heavy atom. The fourth-order valence-electron chi connectivity index (χ4n) is 2.35. The minimum atomic E-state index is -0.532. The summed E-state index contributed by atoms with van der Waals surface area (Å²) in [6, 6.07) is 13.5. The lowest BCUT2D eigenvalue weighted by atomic mass is 10.1. The molecule has 1 unspecified atom stereocenters. The van der Waals surface area contributed by atoms with Crippen LogP contribution in [0, 0.1) is 0 Å². The molecular weight excluding hydrogens is 370 g/mol. The summed E-state index contributed by atoms with van der Waals surface area (Å²) in [5.41, 5.74) is 1.95. The normalized spacial score (nSPS) is 12.2. The van der Waals surface area contributed by atoms with Crippen LogP contribution in [-0.4, -0.2) is 24.9 Å². The molecule has 4 nitrogen and oxygen atoms in total. The summed E-state index contributed by atoms with van der Waals surface area (Å²) >= 11 is 3.57. The molecule has 24 heavy (non-hydrogen) atoms. The predicted molar refractivity (Wildman–Crippen MR) is 99.6 cm³/mol. The molecule has 0 saturated carbocycles. The van der Waals surface area contributed by atoms with Gasteiger partial charge in [0.2, 0.25) is 0 Å². The molecule has 2 aromatic carbocycles. The fourth-order valence-corrected chi connectivity index (χ4v) is 2.82. The fraction of sp³-hybridized carbons (Fsp3) is 0.368. The van der Waals surface area contributed by atoms with Gasteiger partial charge in [-0.2, -0.15) is 0 Å². The molecule has 0 spiro atoms. The van der Waals surface area contributed by atoms with Crippen molar-refractivity contribution in [1.82, 2.24) is 5.32 Å². The van der Waals surface area contributed by atoms with Crippen LogP contribution in [0.25, 0.3) is 0 Å². The van der Waals surface area contributed by atoms with E-state index in [-0.39, 0.29) is 6.10 Å². The van der Waals surface area contributed by atoms with Crippen molar-refractivity contribution in [2.45, 2.75) is 32.6 Å². The summed E-state index contributed by atoms with van der Waals surface area (Å²) in [6.45, 7) is 5.05. The highest BCUT2D eigenvalue weighted by Crippen LogP contribution is 2.34. The summed E-state index contributed by atoms with van der Waals surface area (Å²) in [7, 11) is 1.63. The van der Waals surface area contributed by atoms with E-state index in [1.807, 2.05) is 56.3 Å². The van der Waals surface area contributed by atoms with Crippen molar-refractivity contribution >= 4 is 15.9 Å². The minimum absolute atomic E-state index is 0.0794. The lowest BCUT2D eigenvalue weighted by Gasteiger charge is -2.17. The van der Waals surface area contributed by atoms with E-state index in [0.717, 1.165) is 15.6 Å². The van der Waals surface area contributed by atoms with Crippen molar-refractivity contribution in [3.8, 4) is 11.5 Å². The second-order valence-electron chi connectivity index (χ2n) is 5.82. The maximum Gasteiger partial charge on any atom is 0.162 e. The number of hydrogen-bond donors (Lipinski definition) is 2. The number of aliphatic hydroxyl groups is 1. The maximum atomic E-state index is 10.2. The van der Waals surface area contributed by atoms with Crippen LogP contribution in [0.4, 0.5) is 0 Å². The molecular formula is C19H24BrNO3. The summed E-state index contributed by atoms with van der Waals surface area (Å²) in [5.74, 6) is 1.42. The van der Waals surface area contributed by atoms with Gasteiger partial charge in [-0.1, -0.05) is 46.3 Å². The molecule has 2 aromatic rings. The van der Waals surface area contributed by atoms with E-state index < -0.39 is 6.10 Å². The van der Waals surface area contributed by atoms with Crippen LogP contribution in [0.15, 0.2) is 46.9 Å². The number of nitrogens with one attached hydrogen (secondary N) is 1. The number of ether oxygens (including phenoxy) is 2. The molecule has 130 valence electrons. The molecule has 0 saturated heterocycles. The Morgan fingerprint density at radius 3 is 2.46 bits per heavy atom. The molecule has 0 heterocycles. The standard InChI is InChI=1S/C19H24BrNO3/c1-13(2)24-19-10-16(20)15(9-18(19)23-3)11-21-12-17(22)14-7-5-4-6-8-14/h4-10,13,17,21-22H,11-12H2,1-3H3. The SMILES string of the molecule is COc1cc(CNCC(O)c2ccccc2)c(Br)cc1OC(C)C. The molecule has 0 amide bonds. The number of aliphatic hydroxyl groups excluding tert-OH is 1. The van der Waals surface area contributed by atoms with Crippen molar-refractivity contribution in [3.63, 3.8) is 0 Å². The van der Waals surface area contributed by atoms with Crippen LogP contribution in [-0.2, 0) is 6.54 Å². The average Bonchev–Trinajstić information content (AvgIpc) is 2.57. The van der Waals surface area contributed by atoms with E-state index in [2.05, 4.69) is 21.2 Å². The Labute approximate surface area is 151 Å². The van der Waals surface area contributed by atoms with Gasteiger partial charge in [0.25, 0.3) is 0 Å². The van der Waals surface area contributed by atoms with Crippen LogP contribution in [0.5, 0.6) is 11.5 Å². The van der Waals surface area contributed by atoms with Gasteiger partial charge in [-0.05, 0) is 37.1 Å². The molecule has 1 atom stereocenters. The third kappa shape index (κ3) is 5.23. The predicted octanol–water partition coefficient (Wildman–Crippen LogP) is 4.07. The highest BCUT2D eigenvalue weighted by molar-refractivity contribution is 9.10. The van der Waals surface area contributed by atoms with E-state index >= 15 is 0 Å². The summed E-state index contributed by atoms with van der Waals surface area (Å²) in [5, 5.41) is 13.5. The highest BCUT2D eigenvalue weighted by atomic mass is 79.9. The Hall–Kier alpha value is -1.56. The van der Waals surface area contributed by atoms with Gasteiger partial charge in [0.05, 0.1) is 19.3 Å². The Morgan fingerprint density at radius 1 is 1.12 bits per heavy atom. The van der Waals surface area contributed by atoms with Gasteiger partial charge < -0.3 is 19.9 Å². The minimum Gasteiger partial charge on any atom is -0.493 e. The molecule has 5 heteroatoms. The molecule has 2 rings (SSSR count). The molecule has 0 bridgehead atoms. The number of hydrogen-bond acceptors (Lipinski definition) is 4. The van der Waals surface area contributed by atoms with Crippen molar-refractivity contribution in [1.29, 1.82) is 0 Å². The molecule has 0 aliphatic rings. The van der Waals surface area contributed by atoms with Gasteiger partial charge in [-0.3, -0.25) is 0 Å². The number of halogens is 1. The first-order valence-corrected chi connectivity index (χ1v) is 8.77. The van der Waals surface area contributed by atoms with Crippen LogP contribution >= 0.6 is 15.9 Å². The first-order chi connectivity index (χ1) is 11.5. The lowest BCUT2D eigenvalue weighted by molar-refractivity contribution is 0.174. The van der Waals surface area contributed by atoms with Crippen molar-refractivity contribution in [2.24, 2.45) is 0 Å². The van der Waals surface area contributed by atoms with Gasteiger partial charge in [0.15, 0.2) is 11.5 Å².